The van der Waals surface area contributed by atoms with Crippen molar-refractivity contribution in [3.63, 3.8) is 0 Å². The van der Waals surface area contributed by atoms with Crippen LogP contribution in [0.25, 0.3) is 0 Å². The molecule has 3 aliphatic heterocycles. The van der Waals surface area contributed by atoms with Gasteiger partial charge in [-0.1, -0.05) is 47.0 Å². The van der Waals surface area contributed by atoms with Gasteiger partial charge in [0.2, 0.25) is 0 Å². The highest BCUT2D eigenvalue weighted by Crippen LogP contribution is 2.82. The maximum Gasteiger partial charge on any atom is 0.0329 e. The Kier molecular flexibility index (Phi) is 7.26. The molecular weight excluding hydrogens is 512 g/mol. The Hall–Kier alpha value is -0.160. The third-order valence-corrected chi connectivity index (χ3v) is 16.2. The fraction of sp³-hybridized carbons (Fsp3) is 1.00. The average Bonchev–Trinajstić information content (AvgIpc) is 3.37. The van der Waals surface area contributed by atoms with Crippen LogP contribution in [0.15, 0.2) is 0 Å². The molecular formula is C38H66N4. The molecule has 0 amide bonds. The average molecular weight is 579 g/mol. The maximum absolute atomic E-state index is 3.88. The molecule has 3 heterocycles. The minimum Gasteiger partial charge on any atom is -0.312 e. The summed E-state index contributed by atoms with van der Waals surface area (Å²) in [6, 6.07) is 3.01. The SMILES string of the molecule is CCC1CCCN(C23CCC2C2CC(N4CC5(CCC(C)CC5)C4)C23C(C)N2CCC3(CCC(NC(C)C)CC3)C2)C1. The molecule has 1 N–H and O–H groups in total. The lowest BCUT2D eigenvalue weighted by molar-refractivity contribution is -0.385. The van der Waals surface area contributed by atoms with Gasteiger partial charge in [0, 0.05) is 61.3 Å². The van der Waals surface area contributed by atoms with E-state index in [2.05, 4.69) is 54.6 Å². The monoisotopic (exact) mass is 579 g/mol. The second kappa shape index (κ2) is 10.4. The molecule has 2 spiro atoms. The molecule has 238 valence electrons. The lowest BCUT2D eigenvalue weighted by Crippen LogP contribution is -2.95. The second-order valence-corrected chi connectivity index (χ2v) is 18.3. The van der Waals surface area contributed by atoms with Gasteiger partial charge in [-0.15, -0.1) is 0 Å². The molecule has 0 aromatic carbocycles. The van der Waals surface area contributed by atoms with E-state index in [0.29, 0.717) is 27.8 Å². The van der Waals surface area contributed by atoms with Crippen LogP contribution < -0.4 is 5.32 Å². The summed E-state index contributed by atoms with van der Waals surface area (Å²) in [6.45, 7) is 20.9. The van der Waals surface area contributed by atoms with E-state index in [1.54, 1.807) is 0 Å². The van der Waals surface area contributed by atoms with Gasteiger partial charge < -0.3 is 5.32 Å². The van der Waals surface area contributed by atoms with Crippen molar-refractivity contribution in [2.45, 2.75) is 161 Å². The molecule has 0 aromatic heterocycles. The van der Waals surface area contributed by atoms with Gasteiger partial charge in [-0.2, -0.15) is 0 Å². The number of nitrogens with zero attached hydrogens (tertiary/aromatic N) is 3. The summed E-state index contributed by atoms with van der Waals surface area (Å²) in [4.78, 5) is 9.41. The first-order chi connectivity index (χ1) is 20.2. The zero-order valence-corrected chi connectivity index (χ0v) is 28.3. The van der Waals surface area contributed by atoms with Gasteiger partial charge in [0.25, 0.3) is 0 Å². The van der Waals surface area contributed by atoms with Crippen LogP contribution in [0.5, 0.6) is 0 Å². The van der Waals surface area contributed by atoms with E-state index in [-0.39, 0.29) is 0 Å². The number of hydrogen-bond acceptors (Lipinski definition) is 4. The van der Waals surface area contributed by atoms with Crippen molar-refractivity contribution in [3.8, 4) is 0 Å². The molecule has 3 saturated heterocycles. The van der Waals surface area contributed by atoms with Crippen molar-refractivity contribution >= 4 is 0 Å². The van der Waals surface area contributed by atoms with Crippen LogP contribution in [-0.2, 0) is 0 Å². The fourth-order valence-electron chi connectivity index (χ4n) is 13.8. The predicted octanol–water partition coefficient (Wildman–Crippen LogP) is 7.18. The summed E-state index contributed by atoms with van der Waals surface area (Å²) >= 11 is 0. The number of hydrogen-bond donors (Lipinski definition) is 1. The van der Waals surface area contributed by atoms with Crippen LogP contribution in [0.3, 0.4) is 0 Å². The molecule has 7 unspecified atom stereocenters. The lowest BCUT2D eigenvalue weighted by Gasteiger charge is -2.89. The highest BCUT2D eigenvalue weighted by atomic mass is 15.4. The molecule has 42 heavy (non-hydrogen) atoms. The van der Waals surface area contributed by atoms with Gasteiger partial charge in [0.1, 0.15) is 0 Å². The number of piperidine rings is 1. The third-order valence-electron chi connectivity index (χ3n) is 16.2. The second-order valence-electron chi connectivity index (χ2n) is 18.3. The third kappa shape index (κ3) is 4.05. The van der Waals surface area contributed by atoms with Crippen molar-refractivity contribution in [1.82, 2.24) is 20.0 Å². The van der Waals surface area contributed by atoms with Crippen LogP contribution in [0.1, 0.15) is 131 Å². The van der Waals surface area contributed by atoms with Crippen LogP contribution >= 0.6 is 0 Å². The molecule has 8 aliphatic rings. The summed E-state index contributed by atoms with van der Waals surface area (Å²) in [7, 11) is 0. The quantitative estimate of drug-likeness (QED) is 0.345. The Labute approximate surface area is 259 Å². The largest absolute Gasteiger partial charge is 0.312 e. The van der Waals surface area contributed by atoms with E-state index in [1.165, 1.54) is 136 Å². The van der Waals surface area contributed by atoms with Crippen LogP contribution in [0, 0.1) is 39.9 Å². The van der Waals surface area contributed by atoms with Crippen LogP contribution in [0.2, 0.25) is 0 Å². The van der Waals surface area contributed by atoms with Gasteiger partial charge in [0.05, 0.1) is 0 Å². The minimum absolute atomic E-state index is 0.534. The number of rotatable bonds is 7. The van der Waals surface area contributed by atoms with Crippen molar-refractivity contribution in [3.05, 3.63) is 0 Å². The Morgan fingerprint density at radius 1 is 0.786 bits per heavy atom. The van der Waals surface area contributed by atoms with E-state index in [1.807, 2.05) is 0 Å². The maximum atomic E-state index is 3.88. The molecule has 0 radical (unpaired) electrons. The number of fused-ring (bicyclic) bond motifs is 4. The standard InChI is InChI=1S/C38H66N4/c1-6-30-8-7-20-42(23-30)37-18-13-32(37)33-22-34(41-25-36(26-41)14-9-28(4)10-15-36)38(33,37)29(5)40-21-19-35(24-40)16-11-31(12-17-35)39-27(2)3/h27-34,39H,6-26H2,1-5H3. The first kappa shape index (κ1) is 29.3. The first-order valence-electron chi connectivity index (χ1n) is 19.2. The molecule has 5 aliphatic carbocycles. The van der Waals surface area contributed by atoms with Gasteiger partial charge in [-0.25, -0.2) is 0 Å². The van der Waals surface area contributed by atoms with Crippen molar-refractivity contribution in [1.29, 1.82) is 0 Å². The fourth-order valence-corrected chi connectivity index (χ4v) is 13.8. The van der Waals surface area contributed by atoms with E-state index < -0.39 is 0 Å². The first-order valence-corrected chi connectivity index (χ1v) is 19.2. The van der Waals surface area contributed by atoms with Crippen molar-refractivity contribution in [2.75, 3.05) is 39.3 Å². The molecule has 0 aromatic rings. The number of likely N-dealkylation sites (tertiary alicyclic amines) is 3. The Bertz CT molecular complexity index is 985. The molecule has 0 bridgehead atoms. The lowest BCUT2D eigenvalue weighted by atomic mass is 9.23. The summed E-state index contributed by atoms with van der Waals surface area (Å²) < 4.78 is 0. The number of nitrogens with one attached hydrogen (secondary N) is 1. The highest BCUT2D eigenvalue weighted by Gasteiger charge is 2.86. The van der Waals surface area contributed by atoms with Gasteiger partial charge in [-0.3, -0.25) is 14.7 Å². The zero-order valence-electron chi connectivity index (χ0n) is 28.3. The molecule has 4 nitrogen and oxygen atoms in total. The molecule has 7 atom stereocenters. The van der Waals surface area contributed by atoms with E-state index in [9.17, 15) is 0 Å². The Balaban J connectivity index is 1.05. The van der Waals surface area contributed by atoms with Crippen molar-refractivity contribution < 1.29 is 0 Å². The van der Waals surface area contributed by atoms with E-state index in [4.69, 9.17) is 0 Å². The highest BCUT2D eigenvalue weighted by molar-refractivity contribution is 5.39. The van der Waals surface area contributed by atoms with E-state index in [0.717, 1.165) is 41.8 Å². The Morgan fingerprint density at radius 3 is 2.19 bits per heavy atom. The predicted molar refractivity (Wildman–Crippen MR) is 175 cm³/mol. The molecule has 8 rings (SSSR count). The summed E-state index contributed by atoms with van der Waals surface area (Å²) in [6.07, 6.45) is 22.1. The van der Waals surface area contributed by atoms with Gasteiger partial charge in [-0.05, 0) is 132 Å². The summed E-state index contributed by atoms with van der Waals surface area (Å²) in [5.74, 6) is 3.95. The normalized spacial score (nSPS) is 44.7. The van der Waals surface area contributed by atoms with Gasteiger partial charge >= 0.3 is 0 Å². The molecule has 5 saturated carbocycles. The summed E-state index contributed by atoms with van der Waals surface area (Å²) in [5.41, 5.74) is 2.38. The zero-order chi connectivity index (χ0) is 28.9. The van der Waals surface area contributed by atoms with Gasteiger partial charge in [0.15, 0.2) is 0 Å². The summed E-state index contributed by atoms with van der Waals surface area (Å²) in [5, 5.41) is 3.88. The van der Waals surface area contributed by atoms with Crippen LogP contribution in [0.4, 0.5) is 0 Å². The van der Waals surface area contributed by atoms with E-state index >= 15 is 0 Å². The topological polar surface area (TPSA) is 21.8 Å². The molecule has 8 fully saturated rings. The van der Waals surface area contributed by atoms with Crippen molar-refractivity contribution in [2.24, 2.45) is 39.9 Å². The minimum atomic E-state index is 0.534. The van der Waals surface area contributed by atoms with Crippen LogP contribution in [-0.4, -0.2) is 83.7 Å². The smallest absolute Gasteiger partial charge is 0.0329 e. The Morgan fingerprint density at radius 2 is 1.52 bits per heavy atom. The molecule has 4 heteroatoms.